The Kier molecular flexibility index (Phi) is 5.28. The standard InChI is InChI=1S/C11H22N4O2S/c1-4-7-8-9(5-2)10-13-14-11(15(10)6-3)18(12,16)17/h9H,4-8H2,1-3H3,(H2,12,16,17). The predicted molar refractivity (Wildman–Crippen MR) is 69.6 cm³/mol. The van der Waals surface area contributed by atoms with Crippen LogP contribution in [0.2, 0.25) is 0 Å². The van der Waals surface area contributed by atoms with Crippen LogP contribution in [0.1, 0.15) is 58.2 Å². The van der Waals surface area contributed by atoms with Gasteiger partial charge >= 0.3 is 0 Å². The first kappa shape index (κ1) is 15.1. The molecule has 0 fully saturated rings. The van der Waals surface area contributed by atoms with Gasteiger partial charge in [-0.3, -0.25) is 0 Å². The van der Waals surface area contributed by atoms with Crippen molar-refractivity contribution in [2.75, 3.05) is 0 Å². The van der Waals surface area contributed by atoms with Gasteiger partial charge in [-0.15, -0.1) is 10.2 Å². The molecule has 0 aromatic carbocycles. The lowest BCUT2D eigenvalue weighted by molar-refractivity contribution is 0.500. The number of nitrogens with two attached hydrogens (primary N) is 1. The Morgan fingerprint density at radius 1 is 1.28 bits per heavy atom. The van der Waals surface area contributed by atoms with E-state index in [-0.39, 0.29) is 11.1 Å². The van der Waals surface area contributed by atoms with Crippen molar-refractivity contribution in [3.05, 3.63) is 5.82 Å². The topological polar surface area (TPSA) is 90.9 Å². The molecule has 1 heterocycles. The third kappa shape index (κ3) is 3.29. The second kappa shape index (κ2) is 6.29. The molecule has 18 heavy (non-hydrogen) atoms. The van der Waals surface area contributed by atoms with Gasteiger partial charge in [0.2, 0.25) is 0 Å². The van der Waals surface area contributed by atoms with Crippen LogP contribution in [0.25, 0.3) is 0 Å². The van der Waals surface area contributed by atoms with Crippen LogP contribution < -0.4 is 5.14 Å². The average Bonchev–Trinajstić information content (AvgIpc) is 2.73. The summed E-state index contributed by atoms with van der Waals surface area (Å²) in [4.78, 5) is 0. The molecule has 0 aliphatic rings. The molecule has 0 amide bonds. The molecule has 0 aliphatic carbocycles. The number of sulfonamides is 1. The van der Waals surface area contributed by atoms with Gasteiger partial charge in [-0.05, 0) is 19.8 Å². The first-order valence-corrected chi connectivity index (χ1v) is 7.96. The predicted octanol–water partition coefficient (Wildman–Crippen LogP) is 1.63. The Balaban J connectivity index is 3.12. The highest BCUT2D eigenvalue weighted by atomic mass is 32.2. The maximum Gasteiger partial charge on any atom is 0.273 e. The third-order valence-electron chi connectivity index (χ3n) is 3.08. The van der Waals surface area contributed by atoms with Crippen molar-refractivity contribution in [2.45, 2.75) is 64.1 Å². The van der Waals surface area contributed by atoms with Crippen LogP contribution in [0.4, 0.5) is 0 Å². The molecular weight excluding hydrogens is 252 g/mol. The second-order valence-corrected chi connectivity index (χ2v) is 5.83. The molecule has 0 bridgehead atoms. The van der Waals surface area contributed by atoms with E-state index in [1.807, 2.05) is 6.92 Å². The lowest BCUT2D eigenvalue weighted by atomic mass is 9.98. The van der Waals surface area contributed by atoms with Crippen LogP contribution in [0.3, 0.4) is 0 Å². The molecule has 1 unspecified atom stereocenters. The zero-order valence-electron chi connectivity index (χ0n) is 11.3. The maximum absolute atomic E-state index is 11.4. The maximum atomic E-state index is 11.4. The summed E-state index contributed by atoms with van der Waals surface area (Å²) in [6, 6.07) is 0. The minimum Gasteiger partial charge on any atom is -0.301 e. The van der Waals surface area contributed by atoms with Gasteiger partial charge < -0.3 is 4.57 Å². The zero-order valence-corrected chi connectivity index (χ0v) is 12.1. The number of nitrogens with zero attached hydrogens (tertiary/aromatic N) is 3. The zero-order chi connectivity index (χ0) is 13.8. The quantitative estimate of drug-likeness (QED) is 0.818. The van der Waals surface area contributed by atoms with E-state index in [2.05, 4.69) is 24.0 Å². The van der Waals surface area contributed by atoms with Crippen molar-refractivity contribution in [1.29, 1.82) is 0 Å². The van der Waals surface area contributed by atoms with Gasteiger partial charge in [-0.25, -0.2) is 13.6 Å². The fourth-order valence-corrected chi connectivity index (χ4v) is 2.76. The summed E-state index contributed by atoms with van der Waals surface area (Å²) in [5.74, 6) is 0.977. The molecule has 1 aromatic heterocycles. The summed E-state index contributed by atoms with van der Waals surface area (Å²) < 4.78 is 24.4. The summed E-state index contributed by atoms with van der Waals surface area (Å²) in [5.41, 5.74) is 0. The summed E-state index contributed by atoms with van der Waals surface area (Å²) in [6.45, 7) is 6.59. The van der Waals surface area contributed by atoms with E-state index in [1.165, 1.54) is 0 Å². The Bertz CT molecular complexity index is 481. The molecule has 7 heteroatoms. The van der Waals surface area contributed by atoms with Crippen molar-refractivity contribution in [3.63, 3.8) is 0 Å². The van der Waals surface area contributed by atoms with Crippen molar-refractivity contribution < 1.29 is 8.42 Å². The largest absolute Gasteiger partial charge is 0.301 e. The molecule has 0 radical (unpaired) electrons. The number of unbranched alkanes of at least 4 members (excludes halogenated alkanes) is 1. The SMILES string of the molecule is CCCCC(CC)c1nnc(S(N)(=O)=O)n1CC. The number of hydrogen-bond acceptors (Lipinski definition) is 4. The van der Waals surface area contributed by atoms with E-state index in [4.69, 9.17) is 5.14 Å². The lowest BCUT2D eigenvalue weighted by Gasteiger charge is -2.15. The van der Waals surface area contributed by atoms with Gasteiger partial charge in [-0.1, -0.05) is 26.7 Å². The average molecular weight is 274 g/mol. The van der Waals surface area contributed by atoms with E-state index >= 15 is 0 Å². The molecule has 0 saturated carbocycles. The van der Waals surface area contributed by atoms with Gasteiger partial charge in [0, 0.05) is 12.5 Å². The molecule has 1 rings (SSSR count). The van der Waals surface area contributed by atoms with Crippen LogP contribution >= 0.6 is 0 Å². The number of primary sulfonamides is 1. The van der Waals surface area contributed by atoms with Crippen LogP contribution in [-0.4, -0.2) is 23.2 Å². The molecule has 2 N–H and O–H groups in total. The molecule has 1 atom stereocenters. The molecule has 1 aromatic rings. The first-order valence-electron chi connectivity index (χ1n) is 6.41. The summed E-state index contributed by atoms with van der Waals surface area (Å²) >= 11 is 0. The highest BCUT2D eigenvalue weighted by Crippen LogP contribution is 2.25. The van der Waals surface area contributed by atoms with Crippen molar-refractivity contribution in [2.24, 2.45) is 5.14 Å². The smallest absolute Gasteiger partial charge is 0.273 e. The Morgan fingerprint density at radius 2 is 1.94 bits per heavy atom. The molecule has 0 aliphatic heterocycles. The van der Waals surface area contributed by atoms with Gasteiger partial charge in [0.25, 0.3) is 15.2 Å². The number of hydrogen-bond donors (Lipinski definition) is 1. The van der Waals surface area contributed by atoms with Crippen molar-refractivity contribution in [3.8, 4) is 0 Å². The van der Waals surface area contributed by atoms with E-state index < -0.39 is 10.0 Å². The van der Waals surface area contributed by atoms with Gasteiger partial charge in [0.1, 0.15) is 5.82 Å². The van der Waals surface area contributed by atoms with Gasteiger partial charge in [-0.2, -0.15) is 0 Å². The minimum atomic E-state index is -3.80. The summed E-state index contributed by atoms with van der Waals surface area (Å²) in [5, 5.41) is 12.8. The molecule has 6 nitrogen and oxygen atoms in total. The van der Waals surface area contributed by atoms with Gasteiger partial charge in [0.05, 0.1) is 0 Å². The first-order chi connectivity index (χ1) is 8.45. The highest BCUT2D eigenvalue weighted by molar-refractivity contribution is 7.89. The normalized spacial score (nSPS) is 13.8. The van der Waals surface area contributed by atoms with Crippen LogP contribution in [0.5, 0.6) is 0 Å². The second-order valence-electron chi connectivity index (χ2n) is 4.38. The van der Waals surface area contributed by atoms with Crippen molar-refractivity contribution in [1.82, 2.24) is 14.8 Å². The van der Waals surface area contributed by atoms with E-state index in [0.29, 0.717) is 6.54 Å². The number of aromatic nitrogens is 3. The highest BCUT2D eigenvalue weighted by Gasteiger charge is 2.24. The summed E-state index contributed by atoms with van der Waals surface area (Å²) in [6.07, 6.45) is 4.12. The molecule has 104 valence electrons. The van der Waals surface area contributed by atoms with Gasteiger partial charge in [0.15, 0.2) is 0 Å². The third-order valence-corrected chi connectivity index (χ3v) is 3.89. The van der Waals surface area contributed by atoms with Crippen LogP contribution in [0.15, 0.2) is 5.16 Å². The monoisotopic (exact) mass is 274 g/mol. The van der Waals surface area contributed by atoms with E-state index in [9.17, 15) is 8.42 Å². The van der Waals surface area contributed by atoms with Crippen LogP contribution in [0, 0.1) is 0 Å². The minimum absolute atomic E-state index is 0.130. The lowest BCUT2D eigenvalue weighted by Crippen LogP contribution is -2.19. The molecular formula is C11H22N4O2S. The fraction of sp³-hybridized carbons (Fsp3) is 0.818. The Morgan fingerprint density at radius 3 is 2.39 bits per heavy atom. The molecule has 0 saturated heterocycles. The number of rotatable bonds is 7. The van der Waals surface area contributed by atoms with Crippen molar-refractivity contribution >= 4 is 10.0 Å². The van der Waals surface area contributed by atoms with Crippen LogP contribution in [-0.2, 0) is 16.6 Å². The Labute approximate surface area is 109 Å². The fourth-order valence-electron chi connectivity index (χ4n) is 2.08. The summed E-state index contributed by atoms with van der Waals surface area (Å²) in [7, 11) is -3.80. The van der Waals surface area contributed by atoms with E-state index in [0.717, 1.165) is 31.5 Å². The molecule has 0 spiro atoms. The van der Waals surface area contributed by atoms with E-state index in [1.54, 1.807) is 4.57 Å². The Hall–Kier alpha value is -0.950.